The minimum Gasteiger partial charge on any atom is -0.491 e. The second-order valence-electron chi connectivity index (χ2n) is 5.03. The van der Waals surface area contributed by atoms with Gasteiger partial charge in [0.05, 0.1) is 6.61 Å². The van der Waals surface area contributed by atoms with E-state index >= 15 is 0 Å². The normalized spacial score (nSPS) is 10.4. The lowest BCUT2D eigenvalue weighted by Gasteiger charge is -2.10. The van der Waals surface area contributed by atoms with Crippen molar-refractivity contribution in [1.82, 2.24) is 9.97 Å². The Labute approximate surface area is 140 Å². The number of aryl methyl sites for hydroxylation is 1. The minimum absolute atomic E-state index is 0.677. The molecule has 2 heterocycles. The van der Waals surface area contributed by atoms with Crippen molar-refractivity contribution in [2.75, 3.05) is 6.61 Å². The molecule has 3 aromatic rings. The van der Waals surface area contributed by atoms with E-state index in [1.807, 2.05) is 54.9 Å². The molecular weight excluding hydrogens is 304 g/mol. The third-order valence-corrected chi connectivity index (χ3v) is 4.32. The molecule has 0 saturated carbocycles. The maximum atomic E-state index is 5.93. The average molecular weight is 322 g/mol. The Hall–Kier alpha value is -2.33. The predicted octanol–water partition coefficient (Wildman–Crippen LogP) is 4.64. The highest BCUT2D eigenvalue weighted by atomic mass is 32.2. The Bertz CT molecular complexity index is 720. The largest absolute Gasteiger partial charge is 0.491 e. The molecule has 116 valence electrons. The summed E-state index contributed by atoms with van der Waals surface area (Å²) in [6.07, 6.45) is 7.41. The molecule has 0 aliphatic carbocycles. The Morgan fingerprint density at radius 1 is 0.870 bits per heavy atom. The van der Waals surface area contributed by atoms with Gasteiger partial charge >= 0.3 is 0 Å². The summed E-state index contributed by atoms with van der Waals surface area (Å²) in [7, 11) is 0. The van der Waals surface area contributed by atoms with E-state index < -0.39 is 0 Å². The van der Waals surface area contributed by atoms with Gasteiger partial charge in [0.1, 0.15) is 5.03 Å². The Morgan fingerprint density at radius 3 is 2.52 bits per heavy atom. The predicted molar refractivity (Wildman–Crippen MR) is 92.9 cm³/mol. The van der Waals surface area contributed by atoms with Crippen LogP contribution in [-0.2, 0) is 6.42 Å². The fourth-order valence-electron chi connectivity index (χ4n) is 2.17. The fourth-order valence-corrected chi connectivity index (χ4v) is 3.03. The number of benzene rings is 1. The maximum absolute atomic E-state index is 5.93. The van der Waals surface area contributed by atoms with Gasteiger partial charge in [0.2, 0.25) is 0 Å². The first kappa shape index (κ1) is 15.6. The molecule has 0 aliphatic heterocycles. The van der Waals surface area contributed by atoms with Crippen LogP contribution in [0.3, 0.4) is 0 Å². The van der Waals surface area contributed by atoms with Crippen LogP contribution in [0.5, 0.6) is 5.75 Å². The second kappa shape index (κ2) is 8.34. The van der Waals surface area contributed by atoms with Crippen molar-refractivity contribution in [3.05, 3.63) is 78.8 Å². The summed E-state index contributed by atoms with van der Waals surface area (Å²) in [5, 5.41) is 0.905. The van der Waals surface area contributed by atoms with Crippen LogP contribution in [-0.4, -0.2) is 16.6 Å². The van der Waals surface area contributed by atoms with Crippen LogP contribution in [0.1, 0.15) is 12.0 Å². The van der Waals surface area contributed by atoms with Gasteiger partial charge in [0.15, 0.2) is 5.75 Å². The summed E-state index contributed by atoms with van der Waals surface area (Å²) in [6, 6.07) is 18.2. The summed E-state index contributed by atoms with van der Waals surface area (Å²) in [4.78, 5) is 9.63. The molecule has 0 bridgehead atoms. The first-order valence-electron chi connectivity index (χ1n) is 7.61. The van der Waals surface area contributed by atoms with Crippen molar-refractivity contribution in [2.24, 2.45) is 0 Å². The summed E-state index contributed by atoms with van der Waals surface area (Å²) in [6.45, 7) is 0.677. The monoisotopic (exact) mass is 322 g/mol. The maximum Gasteiger partial charge on any atom is 0.151 e. The van der Waals surface area contributed by atoms with E-state index in [1.54, 1.807) is 18.0 Å². The molecule has 23 heavy (non-hydrogen) atoms. The van der Waals surface area contributed by atoms with Gasteiger partial charge in [-0.15, -0.1) is 0 Å². The molecule has 0 fully saturated rings. The van der Waals surface area contributed by atoms with Crippen molar-refractivity contribution in [1.29, 1.82) is 0 Å². The summed E-state index contributed by atoms with van der Waals surface area (Å²) < 4.78 is 5.93. The molecular formula is C19H18N2OS. The smallest absolute Gasteiger partial charge is 0.151 e. The van der Waals surface area contributed by atoms with Gasteiger partial charge < -0.3 is 4.74 Å². The third kappa shape index (κ3) is 4.83. The molecule has 0 amide bonds. The van der Waals surface area contributed by atoms with Crippen LogP contribution >= 0.6 is 11.8 Å². The van der Waals surface area contributed by atoms with E-state index in [0.717, 1.165) is 28.5 Å². The highest BCUT2D eigenvalue weighted by Crippen LogP contribution is 2.32. The molecule has 0 atom stereocenters. The van der Waals surface area contributed by atoms with Crippen LogP contribution in [0.2, 0.25) is 0 Å². The van der Waals surface area contributed by atoms with Crippen LogP contribution in [0.15, 0.2) is 83.1 Å². The van der Waals surface area contributed by atoms with Crippen LogP contribution in [0.4, 0.5) is 0 Å². The molecule has 4 heteroatoms. The molecule has 1 aromatic carbocycles. The lowest BCUT2D eigenvalue weighted by Crippen LogP contribution is -2.01. The van der Waals surface area contributed by atoms with E-state index in [9.17, 15) is 0 Å². The quantitative estimate of drug-likeness (QED) is 0.594. The Morgan fingerprint density at radius 2 is 1.70 bits per heavy atom. The fraction of sp³-hybridized carbons (Fsp3) is 0.158. The topological polar surface area (TPSA) is 35.0 Å². The number of hydrogen-bond donors (Lipinski definition) is 0. The van der Waals surface area contributed by atoms with Gasteiger partial charge in [0, 0.05) is 23.5 Å². The van der Waals surface area contributed by atoms with Crippen molar-refractivity contribution in [3.8, 4) is 5.75 Å². The number of aromatic nitrogens is 2. The van der Waals surface area contributed by atoms with E-state index in [2.05, 4.69) is 22.1 Å². The highest BCUT2D eigenvalue weighted by Gasteiger charge is 2.06. The molecule has 0 saturated heterocycles. The van der Waals surface area contributed by atoms with Gasteiger partial charge in [0.25, 0.3) is 0 Å². The van der Waals surface area contributed by atoms with Crippen LogP contribution in [0.25, 0.3) is 0 Å². The summed E-state index contributed by atoms with van der Waals surface area (Å²) >= 11 is 1.62. The molecule has 3 rings (SSSR count). The van der Waals surface area contributed by atoms with Gasteiger partial charge in [-0.3, -0.25) is 4.98 Å². The first-order chi connectivity index (χ1) is 11.4. The number of rotatable bonds is 7. The standard InChI is InChI=1S/C19H18N2OS/c1-2-7-17(8-3-1)23-19-18(9-4-12-21-19)22-15-5-6-16-10-13-20-14-11-16/h1-4,7-14H,5-6,15H2. The minimum atomic E-state index is 0.677. The second-order valence-corrected chi connectivity index (χ2v) is 6.09. The summed E-state index contributed by atoms with van der Waals surface area (Å²) in [5.41, 5.74) is 1.29. The molecule has 0 spiro atoms. The molecule has 2 aromatic heterocycles. The van der Waals surface area contributed by atoms with Crippen molar-refractivity contribution < 1.29 is 4.74 Å². The lowest BCUT2D eigenvalue weighted by molar-refractivity contribution is 0.301. The van der Waals surface area contributed by atoms with Crippen molar-refractivity contribution in [3.63, 3.8) is 0 Å². The lowest BCUT2D eigenvalue weighted by atomic mass is 10.1. The zero-order valence-corrected chi connectivity index (χ0v) is 13.6. The van der Waals surface area contributed by atoms with E-state index in [4.69, 9.17) is 4.74 Å². The Kier molecular flexibility index (Phi) is 5.64. The van der Waals surface area contributed by atoms with E-state index in [1.165, 1.54) is 5.56 Å². The SMILES string of the molecule is c1ccc(Sc2ncccc2OCCCc2ccncc2)cc1. The molecule has 0 aliphatic rings. The van der Waals surface area contributed by atoms with Gasteiger partial charge in [-0.1, -0.05) is 30.0 Å². The average Bonchev–Trinajstić information content (AvgIpc) is 2.62. The molecule has 0 N–H and O–H groups in total. The van der Waals surface area contributed by atoms with Crippen LogP contribution < -0.4 is 4.74 Å². The van der Waals surface area contributed by atoms with Gasteiger partial charge in [-0.25, -0.2) is 4.98 Å². The van der Waals surface area contributed by atoms with E-state index in [-0.39, 0.29) is 0 Å². The first-order valence-corrected chi connectivity index (χ1v) is 8.43. The number of nitrogens with zero attached hydrogens (tertiary/aromatic N) is 2. The van der Waals surface area contributed by atoms with Crippen molar-refractivity contribution in [2.45, 2.75) is 22.8 Å². The molecule has 0 unspecified atom stereocenters. The van der Waals surface area contributed by atoms with Gasteiger partial charge in [-0.2, -0.15) is 0 Å². The molecule has 0 radical (unpaired) electrons. The number of pyridine rings is 2. The highest BCUT2D eigenvalue weighted by molar-refractivity contribution is 7.99. The van der Waals surface area contributed by atoms with Crippen molar-refractivity contribution >= 4 is 11.8 Å². The Balaban J connectivity index is 1.55. The van der Waals surface area contributed by atoms with Gasteiger partial charge in [-0.05, 0) is 54.8 Å². The zero-order chi connectivity index (χ0) is 15.7. The third-order valence-electron chi connectivity index (χ3n) is 3.31. The van der Waals surface area contributed by atoms with Crippen LogP contribution in [0, 0.1) is 0 Å². The van der Waals surface area contributed by atoms with E-state index in [0.29, 0.717) is 6.61 Å². The number of ether oxygens (including phenoxy) is 1. The molecule has 3 nitrogen and oxygen atoms in total. The zero-order valence-electron chi connectivity index (χ0n) is 12.8. The summed E-state index contributed by atoms with van der Waals surface area (Å²) in [5.74, 6) is 0.844. The number of hydrogen-bond acceptors (Lipinski definition) is 4.